The van der Waals surface area contributed by atoms with E-state index in [-0.39, 0.29) is 30.8 Å². The lowest BCUT2D eigenvalue weighted by Crippen LogP contribution is -2.47. The van der Waals surface area contributed by atoms with Gasteiger partial charge in [0.25, 0.3) is 0 Å². The third-order valence-electron chi connectivity index (χ3n) is 3.31. The minimum Gasteiger partial charge on any atom is -0.352 e. The number of hydrogen-bond acceptors (Lipinski definition) is 2. The van der Waals surface area contributed by atoms with E-state index in [4.69, 9.17) is 0 Å². The van der Waals surface area contributed by atoms with Gasteiger partial charge >= 0.3 is 6.18 Å². The number of nitrogens with one attached hydrogen (secondary N) is 2. The summed E-state index contributed by atoms with van der Waals surface area (Å²) >= 11 is 0. The summed E-state index contributed by atoms with van der Waals surface area (Å²) in [6.45, 7) is 1.68. The van der Waals surface area contributed by atoms with E-state index in [0.29, 0.717) is 12.8 Å². The van der Waals surface area contributed by atoms with Gasteiger partial charge in [-0.1, -0.05) is 6.42 Å². The molecule has 0 aromatic rings. The summed E-state index contributed by atoms with van der Waals surface area (Å²) in [4.78, 5) is 11.5. The lowest BCUT2D eigenvalue weighted by molar-refractivity contribution is -0.184. The molecule has 100 valence electrons. The van der Waals surface area contributed by atoms with Crippen molar-refractivity contribution in [2.24, 2.45) is 5.92 Å². The first-order chi connectivity index (χ1) is 7.84. The SMILES string of the molecule is CNC(C)C(=O)NC1CCCC(C(F)(F)F)C1. The third kappa shape index (κ3) is 4.18. The number of halogens is 3. The molecule has 1 fully saturated rings. The highest BCUT2D eigenvalue weighted by molar-refractivity contribution is 5.81. The largest absolute Gasteiger partial charge is 0.391 e. The van der Waals surface area contributed by atoms with Gasteiger partial charge in [0.05, 0.1) is 12.0 Å². The van der Waals surface area contributed by atoms with Crippen LogP contribution in [0.3, 0.4) is 0 Å². The molecule has 0 heterocycles. The van der Waals surface area contributed by atoms with Crippen LogP contribution in [-0.4, -0.2) is 31.2 Å². The van der Waals surface area contributed by atoms with Gasteiger partial charge in [-0.25, -0.2) is 0 Å². The smallest absolute Gasteiger partial charge is 0.352 e. The predicted octanol–water partition coefficient (Wildman–Crippen LogP) is 1.83. The maximum atomic E-state index is 12.6. The Morgan fingerprint density at radius 2 is 2.00 bits per heavy atom. The van der Waals surface area contributed by atoms with Crippen LogP contribution >= 0.6 is 0 Å². The van der Waals surface area contributed by atoms with Crippen LogP contribution in [0.25, 0.3) is 0 Å². The number of alkyl halides is 3. The van der Waals surface area contributed by atoms with Crippen LogP contribution in [-0.2, 0) is 4.79 Å². The maximum Gasteiger partial charge on any atom is 0.391 e. The van der Waals surface area contributed by atoms with E-state index in [1.807, 2.05) is 0 Å². The molecule has 6 heteroatoms. The lowest BCUT2D eigenvalue weighted by Gasteiger charge is -2.31. The van der Waals surface area contributed by atoms with Gasteiger partial charge in [-0.2, -0.15) is 13.2 Å². The summed E-state index contributed by atoms with van der Waals surface area (Å²) in [6, 6.07) is -0.722. The highest BCUT2D eigenvalue weighted by Gasteiger charge is 2.42. The van der Waals surface area contributed by atoms with Gasteiger partial charge in [0.1, 0.15) is 0 Å². The number of amides is 1. The Balaban J connectivity index is 2.48. The molecule has 1 amide bonds. The minimum absolute atomic E-state index is 0.00563. The van der Waals surface area contributed by atoms with E-state index in [1.54, 1.807) is 14.0 Å². The molecule has 1 rings (SSSR count). The van der Waals surface area contributed by atoms with Crippen LogP contribution in [0.2, 0.25) is 0 Å². The van der Waals surface area contributed by atoms with Gasteiger partial charge in [0.2, 0.25) is 5.91 Å². The summed E-state index contributed by atoms with van der Waals surface area (Å²) < 4.78 is 37.7. The molecular formula is C11H19F3N2O. The van der Waals surface area contributed by atoms with Crippen molar-refractivity contribution in [3.05, 3.63) is 0 Å². The fourth-order valence-electron chi connectivity index (χ4n) is 2.08. The molecule has 0 aromatic carbocycles. The van der Waals surface area contributed by atoms with Crippen molar-refractivity contribution in [2.45, 2.75) is 50.9 Å². The molecule has 0 bridgehead atoms. The molecule has 17 heavy (non-hydrogen) atoms. The predicted molar refractivity (Wildman–Crippen MR) is 58.5 cm³/mol. The highest BCUT2D eigenvalue weighted by atomic mass is 19.4. The molecule has 0 radical (unpaired) electrons. The fourth-order valence-corrected chi connectivity index (χ4v) is 2.08. The monoisotopic (exact) mass is 252 g/mol. The lowest BCUT2D eigenvalue weighted by atomic mass is 9.85. The summed E-state index contributed by atoms with van der Waals surface area (Å²) in [7, 11) is 1.64. The van der Waals surface area contributed by atoms with Crippen molar-refractivity contribution in [1.82, 2.24) is 10.6 Å². The van der Waals surface area contributed by atoms with Gasteiger partial charge in [-0.15, -0.1) is 0 Å². The van der Waals surface area contributed by atoms with Crippen LogP contribution in [0.5, 0.6) is 0 Å². The highest BCUT2D eigenvalue weighted by Crippen LogP contribution is 2.37. The van der Waals surface area contributed by atoms with Crippen molar-refractivity contribution in [3.8, 4) is 0 Å². The summed E-state index contributed by atoms with van der Waals surface area (Å²) in [6.07, 6.45) is -2.81. The molecule has 3 unspecified atom stereocenters. The number of carbonyl (C=O) groups is 1. The van der Waals surface area contributed by atoms with E-state index in [2.05, 4.69) is 10.6 Å². The van der Waals surface area contributed by atoms with Crippen molar-refractivity contribution in [3.63, 3.8) is 0 Å². The first-order valence-corrected chi connectivity index (χ1v) is 5.89. The standard InChI is InChI=1S/C11H19F3N2O/c1-7(15-2)10(17)16-9-5-3-4-8(6-9)11(12,13)14/h7-9,15H,3-6H2,1-2H3,(H,16,17). The zero-order chi connectivity index (χ0) is 13.1. The molecule has 1 saturated carbocycles. The molecule has 1 aliphatic carbocycles. The fraction of sp³-hybridized carbons (Fsp3) is 0.909. The average molecular weight is 252 g/mol. The topological polar surface area (TPSA) is 41.1 Å². The average Bonchev–Trinajstić information content (AvgIpc) is 2.27. The molecule has 2 N–H and O–H groups in total. The first-order valence-electron chi connectivity index (χ1n) is 5.89. The van der Waals surface area contributed by atoms with E-state index >= 15 is 0 Å². The summed E-state index contributed by atoms with van der Waals surface area (Å²) in [5.74, 6) is -1.51. The van der Waals surface area contributed by atoms with Crippen LogP contribution < -0.4 is 10.6 Å². The van der Waals surface area contributed by atoms with E-state index in [9.17, 15) is 18.0 Å². The second-order valence-corrected chi connectivity index (χ2v) is 4.62. The van der Waals surface area contributed by atoms with E-state index in [1.165, 1.54) is 0 Å². The Labute approximate surface area is 99.1 Å². The number of hydrogen-bond donors (Lipinski definition) is 2. The van der Waals surface area contributed by atoms with Gasteiger partial charge in [0, 0.05) is 6.04 Å². The molecule has 0 saturated heterocycles. The van der Waals surface area contributed by atoms with Crippen LogP contribution in [0.4, 0.5) is 13.2 Å². The molecular weight excluding hydrogens is 233 g/mol. The van der Waals surface area contributed by atoms with Crippen molar-refractivity contribution >= 4 is 5.91 Å². The van der Waals surface area contributed by atoms with Crippen LogP contribution in [0.1, 0.15) is 32.6 Å². The molecule has 0 spiro atoms. The van der Waals surface area contributed by atoms with Gasteiger partial charge in [-0.3, -0.25) is 4.79 Å². The molecule has 3 nitrogen and oxygen atoms in total. The molecule has 0 aromatic heterocycles. The van der Waals surface area contributed by atoms with E-state index < -0.39 is 12.1 Å². The van der Waals surface area contributed by atoms with Gasteiger partial charge < -0.3 is 10.6 Å². The zero-order valence-corrected chi connectivity index (χ0v) is 10.1. The minimum atomic E-state index is -4.14. The number of rotatable bonds is 3. The Bertz CT molecular complexity index is 268. The molecule has 3 atom stereocenters. The second kappa shape index (κ2) is 5.71. The quantitative estimate of drug-likeness (QED) is 0.804. The van der Waals surface area contributed by atoms with Crippen LogP contribution in [0.15, 0.2) is 0 Å². The van der Waals surface area contributed by atoms with Crippen molar-refractivity contribution < 1.29 is 18.0 Å². The van der Waals surface area contributed by atoms with Crippen LogP contribution in [0, 0.1) is 5.92 Å². The summed E-state index contributed by atoms with van der Waals surface area (Å²) in [5, 5.41) is 5.43. The van der Waals surface area contributed by atoms with E-state index in [0.717, 1.165) is 0 Å². The Kier molecular flexibility index (Phi) is 4.80. The Morgan fingerprint density at radius 3 is 2.53 bits per heavy atom. The number of carbonyl (C=O) groups excluding carboxylic acids is 1. The Hall–Kier alpha value is -0.780. The third-order valence-corrected chi connectivity index (χ3v) is 3.31. The molecule has 0 aliphatic heterocycles. The van der Waals surface area contributed by atoms with Gasteiger partial charge in [-0.05, 0) is 33.2 Å². The van der Waals surface area contributed by atoms with Crippen molar-refractivity contribution in [2.75, 3.05) is 7.05 Å². The second-order valence-electron chi connectivity index (χ2n) is 4.62. The van der Waals surface area contributed by atoms with Crippen molar-refractivity contribution in [1.29, 1.82) is 0 Å². The maximum absolute atomic E-state index is 12.6. The molecule has 1 aliphatic rings. The first kappa shape index (κ1) is 14.3. The van der Waals surface area contributed by atoms with Gasteiger partial charge in [0.15, 0.2) is 0 Å². The summed E-state index contributed by atoms with van der Waals surface area (Å²) in [5.41, 5.74) is 0. The normalized spacial score (nSPS) is 27.6. The number of likely N-dealkylation sites (N-methyl/N-ethyl adjacent to an activating group) is 1. The Morgan fingerprint density at radius 1 is 1.35 bits per heavy atom. The zero-order valence-electron chi connectivity index (χ0n) is 10.1.